The number of carboxylic acid groups (broad SMARTS) is 2. The molecule has 0 aliphatic carbocycles. The molecule has 1 heterocycles. The summed E-state index contributed by atoms with van der Waals surface area (Å²) in [5, 5.41) is 17.8. The van der Waals surface area contributed by atoms with Crippen molar-refractivity contribution in [1.82, 2.24) is 4.98 Å². The van der Waals surface area contributed by atoms with E-state index in [0.717, 1.165) is 5.56 Å². The van der Waals surface area contributed by atoms with Crippen molar-refractivity contribution in [2.45, 2.75) is 26.3 Å². The summed E-state index contributed by atoms with van der Waals surface area (Å²) in [5.41, 5.74) is 0.816. The van der Waals surface area contributed by atoms with Crippen molar-refractivity contribution in [2.24, 2.45) is 0 Å². The lowest BCUT2D eigenvalue weighted by Gasteiger charge is -2.28. The summed E-state index contributed by atoms with van der Waals surface area (Å²) < 4.78 is 0. The van der Waals surface area contributed by atoms with Gasteiger partial charge in [-0.1, -0.05) is 6.07 Å². The first-order valence-corrected chi connectivity index (χ1v) is 5.56. The maximum atomic E-state index is 11.1. The van der Waals surface area contributed by atoms with Gasteiger partial charge in [0.15, 0.2) is 0 Å². The van der Waals surface area contributed by atoms with E-state index in [9.17, 15) is 9.59 Å². The van der Waals surface area contributed by atoms with Crippen LogP contribution in [0.1, 0.15) is 18.9 Å². The summed E-state index contributed by atoms with van der Waals surface area (Å²) in [4.78, 5) is 27.3. The molecule has 98 valence electrons. The van der Waals surface area contributed by atoms with Crippen LogP contribution in [0.2, 0.25) is 0 Å². The number of rotatable bonds is 6. The summed E-state index contributed by atoms with van der Waals surface area (Å²) in [6.45, 7) is 3.43. The van der Waals surface area contributed by atoms with Crippen molar-refractivity contribution >= 4 is 17.8 Å². The third-order valence-electron chi connectivity index (χ3n) is 2.65. The van der Waals surface area contributed by atoms with Gasteiger partial charge < -0.3 is 15.1 Å². The molecule has 6 nitrogen and oxygen atoms in total. The molecule has 2 N–H and O–H groups in total. The summed E-state index contributed by atoms with van der Waals surface area (Å²) in [6.07, 6.45) is 1.43. The van der Waals surface area contributed by atoms with E-state index in [1.807, 2.05) is 13.0 Å². The molecule has 0 fully saturated rings. The average molecular weight is 252 g/mol. The molecule has 1 unspecified atom stereocenters. The zero-order valence-corrected chi connectivity index (χ0v) is 10.3. The number of hydrogen-bond donors (Lipinski definition) is 2. The number of aromatic nitrogens is 1. The van der Waals surface area contributed by atoms with E-state index in [1.165, 1.54) is 11.8 Å². The van der Waals surface area contributed by atoms with Gasteiger partial charge in [0, 0.05) is 12.7 Å². The highest BCUT2D eigenvalue weighted by Gasteiger charge is 2.23. The Kier molecular flexibility index (Phi) is 4.65. The normalized spacial score (nSPS) is 11.9. The Hall–Kier alpha value is -2.11. The molecular formula is C12H16N2O4. The fraction of sp³-hybridized carbons (Fsp3) is 0.417. The SMILES string of the molecule is Cc1cccnc1N(CCC(=O)O)C(C)C(=O)O. The number of hydrogen-bond acceptors (Lipinski definition) is 4. The maximum absolute atomic E-state index is 11.1. The number of anilines is 1. The Bertz CT molecular complexity index is 447. The van der Waals surface area contributed by atoms with Gasteiger partial charge in [-0.25, -0.2) is 9.78 Å². The first-order chi connectivity index (χ1) is 8.43. The molecule has 6 heteroatoms. The number of aryl methyl sites for hydroxylation is 1. The highest BCUT2D eigenvalue weighted by molar-refractivity contribution is 5.78. The monoisotopic (exact) mass is 252 g/mol. The molecule has 1 rings (SSSR count). The molecule has 0 saturated carbocycles. The van der Waals surface area contributed by atoms with Gasteiger partial charge in [-0.15, -0.1) is 0 Å². The van der Waals surface area contributed by atoms with E-state index in [1.54, 1.807) is 12.3 Å². The predicted octanol–water partition coefficient (Wildman–Crippen LogP) is 1.14. The highest BCUT2D eigenvalue weighted by Crippen LogP contribution is 2.19. The third-order valence-corrected chi connectivity index (χ3v) is 2.65. The molecule has 0 amide bonds. The molecule has 0 spiro atoms. The number of aliphatic carboxylic acids is 2. The van der Waals surface area contributed by atoms with Crippen molar-refractivity contribution in [3.8, 4) is 0 Å². The van der Waals surface area contributed by atoms with E-state index in [2.05, 4.69) is 4.98 Å². The molecule has 18 heavy (non-hydrogen) atoms. The molecule has 0 radical (unpaired) electrons. The lowest BCUT2D eigenvalue weighted by atomic mass is 10.2. The van der Waals surface area contributed by atoms with Crippen LogP contribution in [0.25, 0.3) is 0 Å². The van der Waals surface area contributed by atoms with Gasteiger partial charge >= 0.3 is 11.9 Å². The largest absolute Gasteiger partial charge is 0.481 e. The van der Waals surface area contributed by atoms with Crippen LogP contribution in [-0.2, 0) is 9.59 Å². The maximum Gasteiger partial charge on any atom is 0.326 e. The minimum atomic E-state index is -1.01. The van der Waals surface area contributed by atoms with Gasteiger partial charge in [0.1, 0.15) is 11.9 Å². The second kappa shape index (κ2) is 6.00. The third kappa shape index (κ3) is 3.44. The van der Waals surface area contributed by atoms with Crippen molar-refractivity contribution in [2.75, 3.05) is 11.4 Å². The van der Waals surface area contributed by atoms with Crippen LogP contribution in [0.4, 0.5) is 5.82 Å². The van der Waals surface area contributed by atoms with Crippen LogP contribution >= 0.6 is 0 Å². The Morgan fingerprint density at radius 3 is 2.61 bits per heavy atom. The van der Waals surface area contributed by atoms with E-state index in [4.69, 9.17) is 10.2 Å². The topological polar surface area (TPSA) is 90.7 Å². The van der Waals surface area contributed by atoms with E-state index in [0.29, 0.717) is 5.82 Å². The Morgan fingerprint density at radius 1 is 1.44 bits per heavy atom. The van der Waals surface area contributed by atoms with E-state index < -0.39 is 18.0 Å². The first-order valence-electron chi connectivity index (χ1n) is 5.56. The average Bonchev–Trinajstić information content (AvgIpc) is 2.30. The van der Waals surface area contributed by atoms with Crippen molar-refractivity contribution < 1.29 is 19.8 Å². The fourth-order valence-corrected chi connectivity index (χ4v) is 1.61. The van der Waals surface area contributed by atoms with Gasteiger partial charge in [0.25, 0.3) is 0 Å². The number of carbonyl (C=O) groups is 2. The zero-order valence-electron chi connectivity index (χ0n) is 10.3. The molecule has 0 saturated heterocycles. The van der Waals surface area contributed by atoms with Crippen molar-refractivity contribution in [3.05, 3.63) is 23.9 Å². The van der Waals surface area contributed by atoms with Crippen molar-refractivity contribution in [3.63, 3.8) is 0 Å². The molecule has 1 aromatic heterocycles. The molecule has 0 aliphatic rings. The summed E-state index contributed by atoms with van der Waals surface area (Å²) in [6, 6.07) is 2.74. The lowest BCUT2D eigenvalue weighted by Crippen LogP contribution is -2.41. The minimum Gasteiger partial charge on any atom is -0.481 e. The minimum absolute atomic E-state index is 0.112. The zero-order chi connectivity index (χ0) is 13.7. The summed E-state index contributed by atoms with van der Waals surface area (Å²) in [5.74, 6) is -1.47. The number of pyridine rings is 1. The van der Waals surface area contributed by atoms with Crippen LogP contribution in [0.3, 0.4) is 0 Å². The van der Waals surface area contributed by atoms with Gasteiger partial charge in [0.05, 0.1) is 6.42 Å². The van der Waals surface area contributed by atoms with E-state index in [-0.39, 0.29) is 13.0 Å². The summed E-state index contributed by atoms with van der Waals surface area (Å²) >= 11 is 0. The van der Waals surface area contributed by atoms with Crippen LogP contribution in [0, 0.1) is 6.92 Å². The Balaban J connectivity index is 3.00. The molecule has 0 bridgehead atoms. The van der Waals surface area contributed by atoms with Crippen LogP contribution in [0.15, 0.2) is 18.3 Å². The first kappa shape index (κ1) is 14.0. The Morgan fingerprint density at radius 2 is 2.11 bits per heavy atom. The van der Waals surface area contributed by atoms with Gasteiger partial charge in [-0.05, 0) is 25.5 Å². The standard InChI is InChI=1S/C12H16N2O4/c1-8-4-3-6-13-11(8)14(7-5-10(15)16)9(2)12(17)18/h3-4,6,9H,5,7H2,1-2H3,(H,15,16)(H,17,18). The molecule has 0 aromatic carbocycles. The van der Waals surface area contributed by atoms with Gasteiger partial charge in [0.2, 0.25) is 0 Å². The van der Waals surface area contributed by atoms with Crippen LogP contribution in [0.5, 0.6) is 0 Å². The lowest BCUT2D eigenvalue weighted by molar-refractivity contribution is -0.139. The molecule has 1 atom stereocenters. The molecular weight excluding hydrogens is 236 g/mol. The van der Waals surface area contributed by atoms with Crippen LogP contribution < -0.4 is 4.90 Å². The highest BCUT2D eigenvalue weighted by atomic mass is 16.4. The van der Waals surface area contributed by atoms with E-state index >= 15 is 0 Å². The Labute approximate surface area is 105 Å². The molecule has 0 aliphatic heterocycles. The smallest absolute Gasteiger partial charge is 0.326 e. The van der Waals surface area contributed by atoms with Gasteiger partial charge in [-0.2, -0.15) is 0 Å². The quantitative estimate of drug-likeness (QED) is 0.789. The second-order valence-electron chi connectivity index (χ2n) is 4.00. The van der Waals surface area contributed by atoms with Crippen LogP contribution in [-0.4, -0.2) is 39.7 Å². The van der Waals surface area contributed by atoms with Gasteiger partial charge in [-0.3, -0.25) is 4.79 Å². The van der Waals surface area contributed by atoms with Crippen molar-refractivity contribution in [1.29, 1.82) is 0 Å². The number of nitrogens with zero attached hydrogens (tertiary/aromatic N) is 2. The number of carboxylic acids is 2. The summed E-state index contributed by atoms with van der Waals surface area (Å²) in [7, 11) is 0. The fourth-order valence-electron chi connectivity index (χ4n) is 1.61. The predicted molar refractivity (Wildman–Crippen MR) is 65.7 cm³/mol. The second-order valence-corrected chi connectivity index (χ2v) is 4.00. The molecule has 1 aromatic rings.